The standard InChI is InChI=1S/C29H25F3N4O4/c1-2-14-35-22-17-36(25(18-9-4-3-5-10-18)26(37)33-16-19-11-8-15-40-19)27(38)23(22)24(34-28(35)39)20-12-6-7-13-21(20)29(30,31)32/h2-13,15,24-25H,1,14,16-17H2,(H,33,37)(H,34,39). The highest BCUT2D eigenvalue weighted by atomic mass is 19.4. The fourth-order valence-electron chi connectivity index (χ4n) is 5.08. The van der Waals surface area contributed by atoms with Crippen LogP contribution in [0.15, 0.2) is 101 Å². The molecule has 40 heavy (non-hydrogen) atoms. The number of hydrogen-bond donors (Lipinski definition) is 2. The molecule has 2 aliphatic rings. The number of carbonyl (C=O) groups is 3. The first-order valence-electron chi connectivity index (χ1n) is 12.4. The van der Waals surface area contributed by atoms with Gasteiger partial charge in [0.05, 0.1) is 42.2 Å². The lowest BCUT2D eigenvalue weighted by molar-refractivity contribution is -0.138. The number of carbonyl (C=O) groups excluding carboxylic acids is 3. The van der Waals surface area contributed by atoms with Gasteiger partial charge < -0.3 is 20.0 Å². The van der Waals surface area contributed by atoms with Gasteiger partial charge in [0.15, 0.2) is 0 Å². The summed E-state index contributed by atoms with van der Waals surface area (Å²) >= 11 is 0. The van der Waals surface area contributed by atoms with Crippen molar-refractivity contribution in [2.45, 2.75) is 24.8 Å². The molecule has 2 N–H and O–H groups in total. The molecular weight excluding hydrogens is 525 g/mol. The van der Waals surface area contributed by atoms with Crippen LogP contribution in [0.25, 0.3) is 0 Å². The van der Waals surface area contributed by atoms with Gasteiger partial charge in [0, 0.05) is 6.54 Å². The monoisotopic (exact) mass is 550 g/mol. The minimum atomic E-state index is -4.72. The van der Waals surface area contributed by atoms with E-state index in [0.717, 1.165) is 6.07 Å². The number of rotatable bonds is 8. The Balaban J connectivity index is 1.57. The molecule has 3 aromatic rings. The van der Waals surface area contributed by atoms with Crippen LogP contribution in [0.2, 0.25) is 0 Å². The Kier molecular flexibility index (Phi) is 7.20. The number of amides is 4. The van der Waals surface area contributed by atoms with Crippen LogP contribution >= 0.6 is 0 Å². The summed E-state index contributed by atoms with van der Waals surface area (Å²) in [6.07, 6.45) is -1.80. The van der Waals surface area contributed by atoms with Crippen LogP contribution < -0.4 is 10.6 Å². The lowest BCUT2D eigenvalue weighted by Crippen LogP contribution is -2.47. The number of benzene rings is 2. The number of furan rings is 1. The smallest absolute Gasteiger partial charge is 0.416 e. The van der Waals surface area contributed by atoms with Gasteiger partial charge in [0.2, 0.25) is 5.91 Å². The quantitative estimate of drug-likeness (QED) is 0.398. The molecule has 0 saturated heterocycles. The number of nitrogens with zero attached hydrogens (tertiary/aromatic N) is 2. The highest BCUT2D eigenvalue weighted by molar-refractivity contribution is 6.04. The average Bonchev–Trinajstić information content (AvgIpc) is 3.58. The Hall–Kier alpha value is -4.80. The summed E-state index contributed by atoms with van der Waals surface area (Å²) < 4.78 is 47.2. The summed E-state index contributed by atoms with van der Waals surface area (Å²) in [5.74, 6) is -0.674. The minimum Gasteiger partial charge on any atom is -0.467 e. The second-order valence-electron chi connectivity index (χ2n) is 9.27. The summed E-state index contributed by atoms with van der Waals surface area (Å²) in [5, 5.41) is 5.35. The topological polar surface area (TPSA) is 94.9 Å². The van der Waals surface area contributed by atoms with Crippen molar-refractivity contribution < 1.29 is 32.0 Å². The van der Waals surface area contributed by atoms with E-state index < -0.39 is 41.7 Å². The normalized spacial score (nSPS) is 17.9. The SMILES string of the molecule is C=CCN1C(=O)NC(c2ccccc2C(F)(F)F)C2=C1CN(C(C(=O)NCc1ccco1)c1ccccc1)C2=O. The Morgan fingerprint density at radius 1 is 1.10 bits per heavy atom. The van der Waals surface area contributed by atoms with E-state index in [0.29, 0.717) is 11.3 Å². The highest BCUT2D eigenvalue weighted by Crippen LogP contribution is 2.43. The molecular formula is C29H25F3N4O4. The largest absolute Gasteiger partial charge is 0.467 e. The molecule has 0 fully saturated rings. The van der Waals surface area contributed by atoms with Gasteiger partial charge in [-0.05, 0) is 29.3 Å². The van der Waals surface area contributed by atoms with E-state index in [1.165, 1.54) is 40.3 Å². The van der Waals surface area contributed by atoms with Crippen LogP contribution in [0.1, 0.15) is 34.5 Å². The van der Waals surface area contributed by atoms with E-state index in [1.54, 1.807) is 42.5 Å². The zero-order chi connectivity index (χ0) is 28.4. The Bertz CT molecular complexity index is 1470. The van der Waals surface area contributed by atoms with E-state index in [1.807, 2.05) is 0 Å². The van der Waals surface area contributed by atoms with Crippen molar-refractivity contribution in [3.05, 3.63) is 119 Å². The fourth-order valence-corrected chi connectivity index (χ4v) is 5.08. The number of hydrogen-bond acceptors (Lipinski definition) is 4. The zero-order valence-electron chi connectivity index (χ0n) is 21.1. The maximum atomic E-state index is 14.1. The molecule has 5 rings (SSSR count). The van der Waals surface area contributed by atoms with Crippen molar-refractivity contribution in [2.24, 2.45) is 0 Å². The van der Waals surface area contributed by atoms with Crippen LogP contribution in [0.4, 0.5) is 18.0 Å². The number of urea groups is 1. The molecule has 11 heteroatoms. The molecule has 0 saturated carbocycles. The molecule has 2 aliphatic heterocycles. The Morgan fingerprint density at radius 3 is 2.50 bits per heavy atom. The van der Waals surface area contributed by atoms with Gasteiger partial charge >= 0.3 is 12.2 Å². The lowest BCUT2D eigenvalue weighted by Gasteiger charge is -2.33. The predicted molar refractivity (Wildman–Crippen MR) is 138 cm³/mol. The molecule has 0 spiro atoms. The average molecular weight is 551 g/mol. The van der Waals surface area contributed by atoms with Crippen molar-refractivity contribution in [1.82, 2.24) is 20.4 Å². The fraction of sp³-hybridized carbons (Fsp3) is 0.207. The second kappa shape index (κ2) is 10.8. The molecule has 2 atom stereocenters. The van der Waals surface area contributed by atoms with E-state index in [2.05, 4.69) is 17.2 Å². The van der Waals surface area contributed by atoms with E-state index in [4.69, 9.17) is 4.42 Å². The van der Waals surface area contributed by atoms with Crippen molar-refractivity contribution in [1.29, 1.82) is 0 Å². The molecule has 4 amide bonds. The lowest BCUT2D eigenvalue weighted by atomic mass is 9.91. The highest BCUT2D eigenvalue weighted by Gasteiger charge is 2.49. The number of nitrogens with one attached hydrogen (secondary N) is 2. The third kappa shape index (κ3) is 4.97. The van der Waals surface area contributed by atoms with Gasteiger partial charge in [-0.3, -0.25) is 14.5 Å². The summed E-state index contributed by atoms with van der Waals surface area (Å²) in [7, 11) is 0. The first kappa shape index (κ1) is 26.8. The molecule has 3 heterocycles. The summed E-state index contributed by atoms with van der Waals surface area (Å²) in [6.45, 7) is 3.57. The van der Waals surface area contributed by atoms with Crippen LogP contribution in [-0.4, -0.2) is 40.7 Å². The molecule has 0 aliphatic carbocycles. The Labute approximate surface area is 227 Å². The van der Waals surface area contributed by atoms with Crippen LogP contribution in [-0.2, 0) is 22.3 Å². The Morgan fingerprint density at radius 2 is 1.82 bits per heavy atom. The van der Waals surface area contributed by atoms with Crippen molar-refractivity contribution >= 4 is 17.8 Å². The zero-order valence-corrected chi connectivity index (χ0v) is 21.1. The maximum Gasteiger partial charge on any atom is 0.416 e. The van der Waals surface area contributed by atoms with Crippen molar-refractivity contribution in [3.8, 4) is 0 Å². The van der Waals surface area contributed by atoms with Gasteiger partial charge in [0.25, 0.3) is 5.91 Å². The number of alkyl halides is 3. The maximum absolute atomic E-state index is 14.1. The predicted octanol–water partition coefficient (Wildman–Crippen LogP) is 4.70. The summed E-state index contributed by atoms with van der Waals surface area (Å²) in [4.78, 5) is 43.3. The van der Waals surface area contributed by atoms with Gasteiger partial charge in [-0.1, -0.05) is 54.6 Å². The molecule has 2 aromatic carbocycles. The molecule has 0 bridgehead atoms. The first-order chi connectivity index (χ1) is 19.2. The minimum absolute atomic E-state index is 0.0140. The molecule has 206 valence electrons. The van der Waals surface area contributed by atoms with Gasteiger partial charge in [-0.15, -0.1) is 6.58 Å². The van der Waals surface area contributed by atoms with Crippen LogP contribution in [0.3, 0.4) is 0 Å². The summed E-state index contributed by atoms with van der Waals surface area (Å²) in [6, 6.07) is 13.5. The van der Waals surface area contributed by atoms with Gasteiger partial charge in [-0.2, -0.15) is 13.2 Å². The van der Waals surface area contributed by atoms with E-state index in [-0.39, 0.29) is 36.5 Å². The van der Waals surface area contributed by atoms with Gasteiger partial charge in [-0.25, -0.2) is 4.79 Å². The molecule has 8 nitrogen and oxygen atoms in total. The molecule has 2 unspecified atom stereocenters. The van der Waals surface area contributed by atoms with Crippen molar-refractivity contribution in [3.63, 3.8) is 0 Å². The molecule has 0 radical (unpaired) electrons. The van der Waals surface area contributed by atoms with Crippen LogP contribution in [0.5, 0.6) is 0 Å². The third-order valence-electron chi connectivity index (χ3n) is 6.83. The van der Waals surface area contributed by atoms with E-state index in [9.17, 15) is 27.6 Å². The van der Waals surface area contributed by atoms with Gasteiger partial charge in [0.1, 0.15) is 11.8 Å². The summed E-state index contributed by atoms with van der Waals surface area (Å²) in [5.41, 5.74) is -0.544. The van der Waals surface area contributed by atoms with Crippen LogP contribution in [0, 0.1) is 0 Å². The number of halogens is 3. The first-order valence-corrected chi connectivity index (χ1v) is 12.4. The van der Waals surface area contributed by atoms with Crippen molar-refractivity contribution in [2.75, 3.05) is 13.1 Å². The molecule has 1 aromatic heterocycles. The second-order valence-corrected chi connectivity index (χ2v) is 9.27. The third-order valence-corrected chi connectivity index (χ3v) is 6.83. The van der Waals surface area contributed by atoms with E-state index >= 15 is 0 Å².